The number of carbonyl (C=O) groups excluding carboxylic acids is 2. The van der Waals surface area contributed by atoms with Crippen molar-refractivity contribution in [2.75, 3.05) is 6.26 Å². The molecule has 138 valence electrons. The van der Waals surface area contributed by atoms with Crippen LogP contribution in [0.5, 0.6) is 0 Å². The summed E-state index contributed by atoms with van der Waals surface area (Å²) in [6.07, 6.45) is 3.95. The van der Waals surface area contributed by atoms with Gasteiger partial charge in [0.05, 0.1) is 40.8 Å². The molecular formula is C16H16N3NaO5S2. The van der Waals surface area contributed by atoms with Gasteiger partial charge in [-0.3, -0.25) is 4.79 Å². The number of fused-ring (bicyclic) bond motifs is 2. The number of β-lactam (4-membered cyclic amide) rings is 1. The summed E-state index contributed by atoms with van der Waals surface area (Å²) < 4.78 is 13.5. The number of amides is 1. The van der Waals surface area contributed by atoms with Crippen molar-refractivity contribution in [2.45, 2.75) is 31.1 Å². The molecule has 0 aromatic carbocycles. The van der Waals surface area contributed by atoms with Crippen LogP contribution in [0.1, 0.15) is 18.7 Å². The molecule has 0 aliphatic carbocycles. The maximum Gasteiger partial charge on any atom is 1.00 e. The summed E-state index contributed by atoms with van der Waals surface area (Å²) in [4.78, 5) is 30.9. The zero-order valence-corrected chi connectivity index (χ0v) is 18.8. The van der Waals surface area contributed by atoms with E-state index in [4.69, 9.17) is 0 Å². The largest absolute Gasteiger partial charge is 1.00 e. The molecular weight excluding hydrogens is 401 g/mol. The van der Waals surface area contributed by atoms with Crippen LogP contribution < -0.4 is 34.7 Å². The average Bonchev–Trinajstić information content (AvgIpc) is 3.16. The molecule has 4 heterocycles. The smallest absolute Gasteiger partial charge is 0.609 e. The summed E-state index contributed by atoms with van der Waals surface area (Å²) in [5.74, 6) is -2.70. The molecule has 2 aliphatic heterocycles. The number of aliphatic hydroxyl groups is 1. The standard InChI is InChI=1S/C16H17N3O5S2.Na/c1-6-10(8-5-18-9(25-8)4-17-16(18)26(3)24)13(15(22)23)19-12(6)11(7(2)20)14(19)21;/h4-7,11-12,20H,1-3H3,(H,22,23);/q;+1/p-1/t6-,7+,11+,12+,26?;/m0./s1. The Morgan fingerprint density at radius 3 is 2.70 bits per heavy atom. The van der Waals surface area contributed by atoms with E-state index in [1.807, 2.05) is 6.92 Å². The van der Waals surface area contributed by atoms with Gasteiger partial charge in [-0.1, -0.05) is 6.92 Å². The molecule has 5 atom stereocenters. The normalized spacial score (nSPS) is 26.6. The van der Waals surface area contributed by atoms with Crippen molar-refractivity contribution in [3.8, 4) is 0 Å². The summed E-state index contributed by atoms with van der Waals surface area (Å²) in [6.45, 7) is 3.38. The molecule has 2 aromatic rings. The van der Waals surface area contributed by atoms with Gasteiger partial charge in [0.15, 0.2) is 0 Å². The molecule has 2 aromatic heterocycles. The van der Waals surface area contributed by atoms with E-state index >= 15 is 0 Å². The molecule has 27 heavy (non-hydrogen) atoms. The van der Waals surface area contributed by atoms with Gasteiger partial charge < -0.3 is 24.5 Å². The minimum atomic E-state index is -1.41. The third kappa shape index (κ3) is 2.89. The third-order valence-corrected chi connectivity index (χ3v) is 6.95. The molecule has 1 N–H and O–H groups in total. The maximum absolute atomic E-state index is 12.4. The zero-order valence-electron chi connectivity index (χ0n) is 15.2. The number of carbonyl (C=O) groups is 2. The number of hydrogen-bond acceptors (Lipinski definition) is 7. The third-order valence-electron chi connectivity index (χ3n) is 5.08. The fraction of sp³-hybridized carbons (Fsp3) is 0.438. The molecule has 0 bridgehead atoms. The minimum Gasteiger partial charge on any atom is -0.609 e. The molecule has 8 nitrogen and oxygen atoms in total. The first-order chi connectivity index (χ1) is 12.2. The van der Waals surface area contributed by atoms with E-state index in [0.717, 1.165) is 4.83 Å². The summed E-state index contributed by atoms with van der Waals surface area (Å²) in [5.41, 5.74) is 0.370. The fourth-order valence-electron chi connectivity index (χ4n) is 4.00. The first-order valence-corrected chi connectivity index (χ1v) is 10.4. The van der Waals surface area contributed by atoms with Crippen LogP contribution in [0.2, 0.25) is 0 Å². The summed E-state index contributed by atoms with van der Waals surface area (Å²) in [6, 6.07) is -0.398. The van der Waals surface area contributed by atoms with Crippen LogP contribution in [0.4, 0.5) is 0 Å². The topological polar surface area (TPSA) is 121 Å². The molecule has 0 saturated carbocycles. The Hall–Kier alpha value is -0.880. The van der Waals surface area contributed by atoms with Gasteiger partial charge in [0, 0.05) is 28.9 Å². The summed E-state index contributed by atoms with van der Waals surface area (Å²) in [5, 5.41) is 22.1. The van der Waals surface area contributed by atoms with Crippen LogP contribution in [-0.2, 0) is 20.8 Å². The van der Waals surface area contributed by atoms with Crippen LogP contribution in [0.15, 0.2) is 23.2 Å². The molecule has 2 aliphatic rings. The van der Waals surface area contributed by atoms with Crippen molar-refractivity contribution in [3.63, 3.8) is 0 Å². The monoisotopic (exact) mass is 417 g/mol. The second kappa shape index (κ2) is 7.18. The molecule has 1 amide bonds. The van der Waals surface area contributed by atoms with Crippen LogP contribution in [0.3, 0.4) is 0 Å². The van der Waals surface area contributed by atoms with Crippen LogP contribution in [-0.4, -0.2) is 54.2 Å². The van der Waals surface area contributed by atoms with Gasteiger partial charge in [0.25, 0.3) is 0 Å². The Bertz CT molecular complexity index is 967. The van der Waals surface area contributed by atoms with Crippen LogP contribution in [0, 0.1) is 11.8 Å². The number of hydrogen-bond donors (Lipinski definition) is 1. The first kappa shape index (κ1) is 20.8. The van der Waals surface area contributed by atoms with Gasteiger partial charge in [-0.05, 0) is 6.92 Å². The summed E-state index contributed by atoms with van der Waals surface area (Å²) in [7, 11) is 0. The predicted molar refractivity (Wildman–Crippen MR) is 92.3 cm³/mol. The van der Waals surface area contributed by atoms with Gasteiger partial charge in [-0.25, -0.2) is 4.40 Å². The second-order valence-electron chi connectivity index (χ2n) is 6.60. The van der Waals surface area contributed by atoms with E-state index in [9.17, 15) is 24.4 Å². The van der Waals surface area contributed by atoms with Gasteiger partial charge in [0.1, 0.15) is 11.1 Å². The fourth-order valence-corrected chi connectivity index (χ4v) is 5.81. The number of aromatic nitrogens is 2. The number of nitrogens with zero attached hydrogens (tertiary/aromatic N) is 3. The van der Waals surface area contributed by atoms with E-state index in [2.05, 4.69) is 4.98 Å². The maximum atomic E-state index is 12.4. The molecule has 1 saturated heterocycles. The molecule has 11 heteroatoms. The van der Waals surface area contributed by atoms with Crippen molar-refractivity contribution in [3.05, 3.63) is 23.0 Å². The Kier molecular flexibility index (Phi) is 5.54. The SMILES string of the molecule is C[C@@H](O)[C@H]1C(=O)N2C(C(=O)[O-])=C(c3cn4c([S+](C)[O-])ncc4s3)[C@H](C)[C@H]12.[Na+]. The van der Waals surface area contributed by atoms with E-state index < -0.39 is 41.1 Å². The van der Waals surface area contributed by atoms with Crippen molar-refractivity contribution in [2.24, 2.45) is 11.8 Å². The number of thiazole rings is 1. The van der Waals surface area contributed by atoms with E-state index in [0.29, 0.717) is 15.6 Å². The van der Waals surface area contributed by atoms with Crippen molar-refractivity contribution in [1.29, 1.82) is 0 Å². The number of aliphatic carboxylic acids is 1. The number of imidazole rings is 1. The number of rotatable bonds is 4. The Labute approximate surface area is 184 Å². The van der Waals surface area contributed by atoms with Crippen molar-refractivity contribution < 1.29 is 53.9 Å². The second-order valence-corrected chi connectivity index (χ2v) is 8.94. The van der Waals surface area contributed by atoms with Crippen LogP contribution in [0.25, 0.3) is 10.4 Å². The molecule has 0 radical (unpaired) electrons. The zero-order chi connectivity index (χ0) is 18.9. The number of carboxylic acids is 1. The Morgan fingerprint density at radius 2 is 2.15 bits per heavy atom. The summed E-state index contributed by atoms with van der Waals surface area (Å²) >= 11 is 0.0270. The Balaban J connectivity index is 0.00000210. The quantitative estimate of drug-likeness (QED) is 0.313. The van der Waals surface area contributed by atoms with Gasteiger partial charge in [-0.15, -0.1) is 11.3 Å². The Morgan fingerprint density at radius 1 is 1.48 bits per heavy atom. The number of carboxylic acid groups (broad SMARTS) is 1. The average molecular weight is 417 g/mol. The predicted octanol–water partition coefficient (Wildman–Crippen LogP) is -3.54. The first-order valence-electron chi connectivity index (χ1n) is 8.01. The van der Waals surface area contributed by atoms with E-state index in [1.54, 1.807) is 16.8 Å². The van der Waals surface area contributed by atoms with Gasteiger partial charge in [-0.2, -0.15) is 4.98 Å². The van der Waals surface area contributed by atoms with Gasteiger partial charge in [0.2, 0.25) is 5.91 Å². The number of aliphatic hydroxyl groups excluding tert-OH is 1. The van der Waals surface area contributed by atoms with Crippen molar-refractivity contribution >= 4 is 44.8 Å². The van der Waals surface area contributed by atoms with E-state index in [-0.39, 0.29) is 41.2 Å². The molecule has 1 fully saturated rings. The molecule has 1 unspecified atom stereocenters. The van der Waals surface area contributed by atoms with Crippen molar-refractivity contribution in [1.82, 2.24) is 14.3 Å². The van der Waals surface area contributed by atoms with Gasteiger partial charge >= 0.3 is 34.7 Å². The molecule has 0 spiro atoms. The van der Waals surface area contributed by atoms with E-state index in [1.165, 1.54) is 29.4 Å². The minimum absolute atomic E-state index is 0. The van der Waals surface area contributed by atoms with Crippen LogP contribution >= 0.6 is 11.3 Å². The molecule has 4 rings (SSSR count).